The molecule has 2 rings (SSSR count). The third kappa shape index (κ3) is 4.81. The highest BCUT2D eigenvalue weighted by Gasteiger charge is 2.33. The van der Waals surface area contributed by atoms with E-state index in [4.69, 9.17) is 0 Å². The van der Waals surface area contributed by atoms with Crippen molar-refractivity contribution in [1.82, 2.24) is 10.6 Å². The summed E-state index contributed by atoms with van der Waals surface area (Å²) in [7, 11) is 0. The molecule has 0 heterocycles. The Balaban J connectivity index is 1.99. The lowest BCUT2D eigenvalue weighted by Gasteiger charge is -2.27. The zero-order chi connectivity index (χ0) is 17.6. The summed E-state index contributed by atoms with van der Waals surface area (Å²) >= 11 is 0. The van der Waals surface area contributed by atoms with Crippen LogP contribution in [0.5, 0.6) is 0 Å². The van der Waals surface area contributed by atoms with Gasteiger partial charge in [-0.1, -0.05) is 51.3 Å². The van der Waals surface area contributed by atoms with Crippen LogP contribution in [0.1, 0.15) is 56.3 Å². The Hall–Kier alpha value is -1.88. The summed E-state index contributed by atoms with van der Waals surface area (Å²) < 4.78 is 0. The Kier molecular flexibility index (Phi) is 6.37. The van der Waals surface area contributed by atoms with Crippen molar-refractivity contribution in [3.8, 4) is 0 Å². The second-order valence-electron chi connectivity index (χ2n) is 6.85. The highest BCUT2D eigenvalue weighted by Crippen LogP contribution is 2.28. The van der Waals surface area contributed by atoms with Crippen molar-refractivity contribution >= 4 is 11.8 Å². The number of carbonyl (C=O) groups is 2. The molecule has 0 radical (unpaired) electrons. The Morgan fingerprint density at radius 3 is 2.42 bits per heavy atom. The molecule has 1 aliphatic rings. The molecule has 2 amide bonds. The molecule has 3 N–H and O–H groups in total. The molecule has 2 atom stereocenters. The van der Waals surface area contributed by atoms with Crippen molar-refractivity contribution in [2.24, 2.45) is 5.92 Å². The largest absolute Gasteiger partial charge is 0.388 e. The van der Waals surface area contributed by atoms with Crippen LogP contribution in [0.2, 0.25) is 0 Å². The monoisotopic (exact) mass is 332 g/mol. The molecule has 2 unspecified atom stereocenters. The van der Waals surface area contributed by atoms with Crippen LogP contribution in [-0.2, 0) is 4.79 Å². The Morgan fingerprint density at radius 1 is 1.21 bits per heavy atom. The fourth-order valence-electron chi connectivity index (χ4n) is 3.09. The van der Waals surface area contributed by atoms with E-state index in [1.165, 1.54) is 0 Å². The number of hydrogen-bond acceptors (Lipinski definition) is 3. The van der Waals surface area contributed by atoms with Crippen LogP contribution in [0.3, 0.4) is 0 Å². The smallest absolute Gasteiger partial charge is 0.251 e. The number of benzene rings is 1. The van der Waals surface area contributed by atoms with Crippen LogP contribution >= 0.6 is 0 Å². The number of carbonyl (C=O) groups excluding carboxylic acids is 2. The Morgan fingerprint density at radius 2 is 1.83 bits per heavy atom. The van der Waals surface area contributed by atoms with Gasteiger partial charge in [-0.15, -0.1) is 0 Å². The van der Waals surface area contributed by atoms with Crippen LogP contribution < -0.4 is 10.6 Å². The number of aliphatic hydroxyl groups is 1. The van der Waals surface area contributed by atoms with Gasteiger partial charge in [-0.3, -0.25) is 9.59 Å². The Bertz CT molecular complexity index is 553. The molecule has 0 aliphatic heterocycles. The van der Waals surface area contributed by atoms with Crippen molar-refractivity contribution in [3.63, 3.8) is 0 Å². The molecule has 1 saturated carbocycles. The quantitative estimate of drug-likeness (QED) is 0.716. The minimum absolute atomic E-state index is 0.0101. The van der Waals surface area contributed by atoms with Gasteiger partial charge >= 0.3 is 0 Å². The van der Waals surface area contributed by atoms with Crippen LogP contribution in [0.4, 0.5) is 0 Å². The highest BCUT2D eigenvalue weighted by atomic mass is 16.3. The van der Waals surface area contributed by atoms with E-state index in [1.54, 1.807) is 24.3 Å². The Labute approximate surface area is 143 Å². The third-order valence-electron chi connectivity index (χ3n) is 4.94. The van der Waals surface area contributed by atoms with Crippen molar-refractivity contribution in [2.45, 2.75) is 57.6 Å². The first-order valence-corrected chi connectivity index (χ1v) is 8.81. The molecule has 5 heteroatoms. The average molecular weight is 332 g/mol. The van der Waals surface area contributed by atoms with E-state index >= 15 is 0 Å². The van der Waals surface area contributed by atoms with Gasteiger partial charge in [0.25, 0.3) is 5.91 Å². The molecule has 0 aromatic heterocycles. The maximum Gasteiger partial charge on any atom is 0.251 e. The van der Waals surface area contributed by atoms with Gasteiger partial charge in [-0.05, 0) is 30.9 Å². The molecule has 1 aromatic rings. The maximum absolute atomic E-state index is 12.6. The molecule has 1 fully saturated rings. The maximum atomic E-state index is 12.6. The summed E-state index contributed by atoms with van der Waals surface area (Å²) in [6.45, 7) is 4.18. The van der Waals surface area contributed by atoms with Crippen molar-refractivity contribution in [2.75, 3.05) is 6.54 Å². The van der Waals surface area contributed by atoms with E-state index in [9.17, 15) is 14.7 Å². The van der Waals surface area contributed by atoms with Gasteiger partial charge < -0.3 is 15.7 Å². The van der Waals surface area contributed by atoms with Gasteiger partial charge in [0, 0.05) is 12.1 Å². The molecule has 0 bridgehead atoms. The number of nitrogens with one attached hydrogen (secondary N) is 2. The number of amides is 2. The fraction of sp³-hybridized carbons (Fsp3) is 0.579. The SMILES string of the molecule is CCC(C)C(NC(=O)c1ccccc1)C(=O)NCC1(O)CCCC1. The van der Waals surface area contributed by atoms with Crippen LogP contribution in [0.25, 0.3) is 0 Å². The predicted molar refractivity (Wildman–Crippen MR) is 93.6 cm³/mol. The van der Waals surface area contributed by atoms with E-state index in [-0.39, 0.29) is 24.3 Å². The predicted octanol–water partition coefficient (Wildman–Crippen LogP) is 2.25. The zero-order valence-corrected chi connectivity index (χ0v) is 14.5. The molecule has 1 aromatic carbocycles. The summed E-state index contributed by atoms with van der Waals surface area (Å²) in [5.74, 6) is -0.472. The van der Waals surface area contributed by atoms with Gasteiger partial charge in [0.1, 0.15) is 6.04 Å². The number of hydrogen-bond donors (Lipinski definition) is 3. The molecule has 1 aliphatic carbocycles. The number of rotatable bonds is 7. The summed E-state index contributed by atoms with van der Waals surface area (Å²) in [4.78, 5) is 24.9. The topological polar surface area (TPSA) is 78.4 Å². The highest BCUT2D eigenvalue weighted by molar-refractivity contribution is 5.97. The van der Waals surface area contributed by atoms with E-state index in [2.05, 4.69) is 10.6 Å². The van der Waals surface area contributed by atoms with Gasteiger partial charge in [-0.2, -0.15) is 0 Å². The second-order valence-corrected chi connectivity index (χ2v) is 6.85. The zero-order valence-electron chi connectivity index (χ0n) is 14.5. The molecule has 132 valence electrons. The fourth-order valence-corrected chi connectivity index (χ4v) is 3.09. The van der Waals surface area contributed by atoms with Gasteiger partial charge in [0.15, 0.2) is 0 Å². The van der Waals surface area contributed by atoms with E-state index in [0.717, 1.165) is 32.1 Å². The molecule has 24 heavy (non-hydrogen) atoms. The minimum Gasteiger partial charge on any atom is -0.388 e. The first-order chi connectivity index (χ1) is 11.4. The van der Waals surface area contributed by atoms with Crippen LogP contribution in [-0.4, -0.2) is 35.1 Å². The lowest BCUT2D eigenvalue weighted by molar-refractivity contribution is -0.125. The normalized spacial score (nSPS) is 18.6. The van der Waals surface area contributed by atoms with E-state index in [1.807, 2.05) is 19.9 Å². The first kappa shape index (κ1) is 18.5. The minimum atomic E-state index is -0.793. The van der Waals surface area contributed by atoms with Gasteiger partial charge in [0.2, 0.25) is 5.91 Å². The summed E-state index contributed by atoms with van der Waals surface area (Å²) in [5, 5.41) is 16.0. The third-order valence-corrected chi connectivity index (χ3v) is 4.94. The standard InChI is InChI=1S/C19H28N2O3/c1-3-14(2)16(21-17(22)15-9-5-4-6-10-15)18(23)20-13-19(24)11-7-8-12-19/h4-6,9-10,14,16,24H,3,7-8,11-13H2,1-2H3,(H,20,23)(H,21,22). The van der Waals surface area contributed by atoms with Gasteiger partial charge in [-0.25, -0.2) is 0 Å². The van der Waals surface area contributed by atoms with Crippen LogP contribution in [0, 0.1) is 5.92 Å². The molecule has 0 saturated heterocycles. The van der Waals surface area contributed by atoms with Crippen molar-refractivity contribution < 1.29 is 14.7 Å². The van der Waals surface area contributed by atoms with Gasteiger partial charge in [0.05, 0.1) is 5.60 Å². The van der Waals surface area contributed by atoms with E-state index < -0.39 is 11.6 Å². The average Bonchev–Trinajstić information content (AvgIpc) is 3.04. The summed E-state index contributed by atoms with van der Waals surface area (Å²) in [5.41, 5.74) is -0.257. The lowest BCUT2D eigenvalue weighted by atomic mass is 9.97. The first-order valence-electron chi connectivity index (χ1n) is 8.81. The van der Waals surface area contributed by atoms with E-state index in [0.29, 0.717) is 5.56 Å². The lowest BCUT2D eigenvalue weighted by Crippen LogP contribution is -2.53. The molecular formula is C19H28N2O3. The molecule has 5 nitrogen and oxygen atoms in total. The van der Waals surface area contributed by atoms with Crippen molar-refractivity contribution in [3.05, 3.63) is 35.9 Å². The summed E-state index contributed by atoms with van der Waals surface area (Å²) in [6.07, 6.45) is 4.20. The molecular weight excluding hydrogens is 304 g/mol. The summed E-state index contributed by atoms with van der Waals surface area (Å²) in [6, 6.07) is 8.28. The molecule has 0 spiro atoms. The second kappa shape index (κ2) is 8.29. The van der Waals surface area contributed by atoms with Crippen molar-refractivity contribution in [1.29, 1.82) is 0 Å². The van der Waals surface area contributed by atoms with Crippen LogP contribution in [0.15, 0.2) is 30.3 Å².